The van der Waals surface area contributed by atoms with Gasteiger partial charge in [-0.2, -0.15) is 0 Å². The summed E-state index contributed by atoms with van der Waals surface area (Å²) in [5.74, 6) is 1.72. The summed E-state index contributed by atoms with van der Waals surface area (Å²) in [4.78, 5) is 48.7. The van der Waals surface area contributed by atoms with Crippen molar-refractivity contribution in [3.8, 4) is 17.1 Å². The number of hydrogen-bond acceptors (Lipinski definition) is 6. The highest BCUT2D eigenvalue weighted by Gasteiger charge is 2.29. The number of carboxylic acids is 1. The van der Waals surface area contributed by atoms with Gasteiger partial charge in [0, 0.05) is 30.1 Å². The maximum atomic E-state index is 13.7. The van der Waals surface area contributed by atoms with Crippen molar-refractivity contribution in [1.82, 2.24) is 14.9 Å². The molecule has 0 radical (unpaired) electrons. The molecule has 1 saturated carbocycles. The van der Waals surface area contributed by atoms with Crippen LogP contribution in [-0.4, -0.2) is 51.4 Å². The molecule has 3 aromatic carbocycles. The van der Waals surface area contributed by atoms with Gasteiger partial charge in [0.1, 0.15) is 12.3 Å². The topological polar surface area (TPSA) is 122 Å². The summed E-state index contributed by atoms with van der Waals surface area (Å²) in [6.45, 7) is 1.77. The molecule has 282 valence electrons. The van der Waals surface area contributed by atoms with E-state index >= 15 is 0 Å². The van der Waals surface area contributed by atoms with Crippen LogP contribution in [0.2, 0.25) is 10.0 Å². The number of carbonyl (C=O) groups is 3. The number of hydrogen-bond donors (Lipinski definition) is 2. The fourth-order valence-electron chi connectivity index (χ4n) is 7.70. The molecular formula is C43H46Cl2N4O5. The van der Waals surface area contributed by atoms with Crippen molar-refractivity contribution in [3.05, 3.63) is 111 Å². The highest BCUT2D eigenvalue weighted by molar-refractivity contribution is 6.45. The first-order valence-electron chi connectivity index (χ1n) is 18.6. The van der Waals surface area contributed by atoms with E-state index in [1.165, 1.54) is 61.1 Å². The van der Waals surface area contributed by atoms with Crippen molar-refractivity contribution in [1.29, 1.82) is 0 Å². The van der Waals surface area contributed by atoms with Gasteiger partial charge in [-0.15, -0.1) is 0 Å². The Balaban J connectivity index is 1.07. The van der Waals surface area contributed by atoms with Crippen LogP contribution < -0.4 is 10.1 Å². The maximum Gasteiger partial charge on any atom is 0.323 e. The Kier molecular flexibility index (Phi) is 13.0. The number of benzene rings is 3. The van der Waals surface area contributed by atoms with E-state index in [0.29, 0.717) is 17.1 Å². The van der Waals surface area contributed by atoms with Crippen molar-refractivity contribution in [2.75, 3.05) is 19.0 Å². The SMILES string of the molecule is CCC1CCC(C2CC=C(c3cnc(-c4ccc(CN(CC(=O)O)C(=O)c5ccc(NC(=O)Cc6ccc(OC)cc6)c(Cl)c5Cl)cc4)nc3)CC2)CC1. The zero-order valence-corrected chi connectivity index (χ0v) is 32.2. The summed E-state index contributed by atoms with van der Waals surface area (Å²) in [7, 11) is 1.57. The van der Waals surface area contributed by atoms with Gasteiger partial charge in [0.2, 0.25) is 5.91 Å². The summed E-state index contributed by atoms with van der Waals surface area (Å²) in [5, 5.41) is 12.3. The molecule has 0 spiro atoms. The third-order valence-corrected chi connectivity index (χ3v) is 11.8. The second-order valence-electron chi connectivity index (χ2n) is 14.4. The first-order valence-corrected chi connectivity index (χ1v) is 19.4. The van der Waals surface area contributed by atoms with Crippen LogP contribution in [-0.2, 0) is 22.6 Å². The lowest BCUT2D eigenvalue weighted by molar-refractivity contribution is -0.137. The molecule has 9 nitrogen and oxygen atoms in total. The van der Waals surface area contributed by atoms with Crippen LogP contribution in [0.4, 0.5) is 5.69 Å². The van der Waals surface area contributed by atoms with E-state index < -0.39 is 18.4 Å². The maximum absolute atomic E-state index is 13.7. The minimum absolute atomic E-state index is 0.00863. The smallest absolute Gasteiger partial charge is 0.323 e. The van der Waals surface area contributed by atoms with E-state index in [-0.39, 0.29) is 40.2 Å². The summed E-state index contributed by atoms with van der Waals surface area (Å²) < 4.78 is 5.16. The molecule has 1 atom stereocenters. The third kappa shape index (κ3) is 9.68. The average molecular weight is 770 g/mol. The van der Waals surface area contributed by atoms with E-state index in [0.717, 1.165) is 47.3 Å². The monoisotopic (exact) mass is 768 g/mol. The molecule has 1 fully saturated rings. The molecule has 0 bridgehead atoms. The number of ether oxygens (including phenoxy) is 1. The Morgan fingerprint density at radius 1 is 0.852 bits per heavy atom. The van der Waals surface area contributed by atoms with Crippen LogP contribution in [0, 0.1) is 17.8 Å². The molecule has 11 heteroatoms. The zero-order valence-electron chi connectivity index (χ0n) is 30.7. The number of halogens is 2. The van der Waals surface area contributed by atoms with E-state index in [1.54, 1.807) is 31.4 Å². The largest absolute Gasteiger partial charge is 0.497 e. The van der Waals surface area contributed by atoms with E-state index in [1.807, 2.05) is 36.7 Å². The molecule has 2 aliphatic carbocycles. The molecule has 6 rings (SSSR count). The zero-order chi connectivity index (χ0) is 38.2. The lowest BCUT2D eigenvalue weighted by Crippen LogP contribution is -2.35. The summed E-state index contributed by atoms with van der Waals surface area (Å²) in [6, 6.07) is 17.4. The number of nitrogens with zero attached hydrogens (tertiary/aromatic N) is 3. The number of methoxy groups -OCH3 is 1. The molecule has 2 amide bonds. The van der Waals surface area contributed by atoms with Crippen molar-refractivity contribution in [2.45, 2.75) is 71.3 Å². The number of allylic oxidation sites excluding steroid dienone is 2. The second kappa shape index (κ2) is 18.1. The Hall–Kier alpha value is -4.73. The molecule has 0 saturated heterocycles. The normalized spacial score (nSPS) is 18.4. The Bertz CT molecular complexity index is 1980. The summed E-state index contributed by atoms with van der Waals surface area (Å²) in [5.41, 5.74) is 4.92. The second-order valence-corrected chi connectivity index (χ2v) is 15.1. The fourth-order valence-corrected chi connectivity index (χ4v) is 8.16. The lowest BCUT2D eigenvalue weighted by atomic mass is 9.71. The number of aliphatic carboxylic acids is 1. The van der Waals surface area contributed by atoms with E-state index in [9.17, 15) is 19.5 Å². The predicted molar refractivity (Wildman–Crippen MR) is 213 cm³/mol. The Morgan fingerprint density at radius 2 is 1.54 bits per heavy atom. The van der Waals surface area contributed by atoms with Gasteiger partial charge in [0.15, 0.2) is 5.82 Å². The van der Waals surface area contributed by atoms with Crippen LogP contribution in [0.1, 0.15) is 85.3 Å². The first kappa shape index (κ1) is 39.0. The number of rotatable bonds is 13. The van der Waals surface area contributed by atoms with Gasteiger partial charge in [0.25, 0.3) is 5.91 Å². The van der Waals surface area contributed by atoms with Crippen molar-refractivity contribution < 1.29 is 24.2 Å². The van der Waals surface area contributed by atoms with Crippen LogP contribution in [0.25, 0.3) is 17.0 Å². The van der Waals surface area contributed by atoms with Gasteiger partial charge in [-0.25, -0.2) is 9.97 Å². The number of nitrogens with one attached hydrogen (secondary N) is 1. The van der Waals surface area contributed by atoms with Gasteiger partial charge >= 0.3 is 5.97 Å². The van der Waals surface area contributed by atoms with Gasteiger partial charge in [-0.05, 0) is 90.8 Å². The molecule has 4 aromatic rings. The van der Waals surface area contributed by atoms with Gasteiger partial charge < -0.3 is 20.1 Å². The molecule has 1 unspecified atom stereocenters. The van der Waals surface area contributed by atoms with Crippen molar-refractivity contribution in [3.63, 3.8) is 0 Å². The summed E-state index contributed by atoms with van der Waals surface area (Å²) in [6.07, 6.45) is 16.5. The number of amides is 2. The van der Waals surface area contributed by atoms with Crippen LogP contribution in [0.15, 0.2) is 79.1 Å². The van der Waals surface area contributed by atoms with Crippen LogP contribution in [0.3, 0.4) is 0 Å². The third-order valence-electron chi connectivity index (χ3n) is 10.9. The molecule has 1 heterocycles. The van der Waals surface area contributed by atoms with Crippen molar-refractivity contribution >= 4 is 52.2 Å². The standard InChI is InChI=1S/C43H46Cl2N4O5/c1-3-27-4-10-30(11-5-27)31-14-16-32(17-15-31)34-23-46-42(47-24-34)33-12-6-29(7-13-33)25-49(26-39(51)52)43(53)36-20-21-37(41(45)40(36)44)48-38(50)22-28-8-18-35(54-2)19-9-28/h6-9,12-13,16,18-21,23-24,27,30-31H,3-5,10-11,14-15,17,22,25-26H2,1-2H3,(H,48,50)(H,51,52). The molecule has 2 N–H and O–H groups in total. The minimum Gasteiger partial charge on any atom is -0.497 e. The predicted octanol–water partition coefficient (Wildman–Crippen LogP) is 9.77. The molecule has 1 aromatic heterocycles. The molecule has 0 aliphatic heterocycles. The number of aromatic nitrogens is 2. The van der Waals surface area contributed by atoms with Gasteiger partial charge in [-0.1, -0.05) is 91.9 Å². The first-order chi connectivity index (χ1) is 26.1. The summed E-state index contributed by atoms with van der Waals surface area (Å²) >= 11 is 13.0. The molecular weight excluding hydrogens is 723 g/mol. The van der Waals surface area contributed by atoms with E-state index in [4.69, 9.17) is 27.9 Å². The number of carbonyl (C=O) groups excluding carboxylic acids is 2. The van der Waals surface area contributed by atoms with E-state index in [2.05, 4.69) is 28.3 Å². The fraction of sp³-hybridized carbons (Fsp3) is 0.372. The highest BCUT2D eigenvalue weighted by atomic mass is 35.5. The Labute approximate surface area is 326 Å². The van der Waals surface area contributed by atoms with Gasteiger partial charge in [0.05, 0.1) is 34.8 Å². The molecule has 2 aliphatic rings. The highest BCUT2D eigenvalue weighted by Crippen LogP contribution is 2.42. The quantitative estimate of drug-likeness (QED) is 0.139. The Morgan fingerprint density at radius 3 is 2.15 bits per heavy atom. The lowest BCUT2D eigenvalue weighted by Gasteiger charge is -2.35. The van der Waals surface area contributed by atoms with Gasteiger partial charge in [-0.3, -0.25) is 14.4 Å². The van der Waals surface area contributed by atoms with Crippen LogP contribution in [0.5, 0.6) is 5.75 Å². The average Bonchev–Trinajstić information content (AvgIpc) is 3.20. The van der Waals surface area contributed by atoms with Crippen molar-refractivity contribution in [2.24, 2.45) is 17.8 Å². The number of anilines is 1. The minimum atomic E-state index is -1.18. The molecule has 54 heavy (non-hydrogen) atoms. The van der Waals surface area contributed by atoms with Crippen LogP contribution >= 0.6 is 23.2 Å². The number of carboxylic acid groups (broad SMARTS) is 1.